The van der Waals surface area contributed by atoms with E-state index in [1.54, 1.807) is 0 Å². The molecule has 0 aliphatic carbocycles. The Balaban J connectivity index is 3.28. The van der Waals surface area contributed by atoms with E-state index in [4.69, 9.17) is 6.42 Å². The lowest BCUT2D eigenvalue weighted by molar-refractivity contribution is 0.477. The molecule has 0 aliphatic rings. The van der Waals surface area contributed by atoms with E-state index in [9.17, 15) is 17.2 Å². The second-order valence-electron chi connectivity index (χ2n) is 4.84. The molecule has 1 aromatic rings. The molecule has 0 unspecified atom stereocenters. The van der Waals surface area contributed by atoms with Gasteiger partial charge in [0.25, 0.3) is 0 Å². The number of benzene rings is 1. The van der Waals surface area contributed by atoms with Gasteiger partial charge in [0, 0.05) is 25.2 Å². The fourth-order valence-corrected chi connectivity index (χ4v) is 2.79. The maximum atomic E-state index is 14.3. The number of nitrogens with one attached hydrogen (secondary N) is 1. The smallest absolute Gasteiger partial charge is 0.246 e. The lowest BCUT2D eigenvalue weighted by Crippen LogP contribution is -2.29. The first-order valence-corrected chi connectivity index (χ1v) is 7.75. The monoisotopic (exact) mass is 316 g/mol. The standard InChI is InChI=1S/C14H18F2N2O2S/c1-5-8-18(4)21(19,20)13-7-6-12(15)11(14(13)16)9-17-10(2)3/h1,6-7,10,17H,8-9H2,2-4H3. The predicted molar refractivity (Wildman–Crippen MR) is 77.0 cm³/mol. The van der Waals surface area contributed by atoms with Crippen LogP contribution >= 0.6 is 0 Å². The summed E-state index contributed by atoms with van der Waals surface area (Å²) in [4.78, 5) is -0.581. The van der Waals surface area contributed by atoms with Gasteiger partial charge in [-0.1, -0.05) is 19.8 Å². The van der Waals surface area contributed by atoms with Crippen molar-refractivity contribution in [1.82, 2.24) is 9.62 Å². The minimum Gasteiger partial charge on any atom is -0.310 e. The molecule has 0 aliphatic heterocycles. The zero-order chi connectivity index (χ0) is 16.2. The maximum absolute atomic E-state index is 14.3. The van der Waals surface area contributed by atoms with E-state index in [1.807, 2.05) is 13.8 Å². The van der Waals surface area contributed by atoms with Gasteiger partial charge < -0.3 is 5.32 Å². The van der Waals surface area contributed by atoms with Crippen LogP contribution in [0.4, 0.5) is 8.78 Å². The lowest BCUT2D eigenvalue weighted by atomic mass is 10.2. The fraction of sp³-hybridized carbons (Fsp3) is 0.429. The van der Waals surface area contributed by atoms with Crippen LogP contribution in [0.25, 0.3) is 0 Å². The van der Waals surface area contributed by atoms with E-state index in [-0.39, 0.29) is 24.7 Å². The van der Waals surface area contributed by atoms with Crippen molar-refractivity contribution in [3.05, 3.63) is 29.3 Å². The molecular weight excluding hydrogens is 298 g/mol. The van der Waals surface area contributed by atoms with Crippen LogP contribution in [0.15, 0.2) is 17.0 Å². The maximum Gasteiger partial charge on any atom is 0.246 e. The normalized spacial score (nSPS) is 11.9. The number of terminal acetylenes is 1. The van der Waals surface area contributed by atoms with Gasteiger partial charge in [-0.05, 0) is 12.1 Å². The molecule has 0 spiro atoms. The van der Waals surface area contributed by atoms with E-state index < -0.39 is 26.6 Å². The van der Waals surface area contributed by atoms with E-state index in [1.165, 1.54) is 7.05 Å². The highest BCUT2D eigenvalue weighted by Gasteiger charge is 2.27. The Kier molecular flexibility index (Phi) is 5.84. The van der Waals surface area contributed by atoms with Crippen LogP contribution in [0.1, 0.15) is 19.4 Å². The molecule has 0 saturated heterocycles. The first-order valence-electron chi connectivity index (χ1n) is 6.31. The van der Waals surface area contributed by atoms with Crippen molar-refractivity contribution in [3.8, 4) is 12.3 Å². The molecule has 21 heavy (non-hydrogen) atoms. The molecule has 0 radical (unpaired) electrons. The molecule has 4 nitrogen and oxygen atoms in total. The molecule has 1 aromatic carbocycles. The van der Waals surface area contributed by atoms with Crippen LogP contribution in [-0.4, -0.2) is 32.4 Å². The third kappa shape index (κ3) is 4.00. The van der Waals surface area contributed by atoms with Crippen molar-refractivity contribution in [2.45, 2.75) is 31.3 Å². The first kappa shape index (κ1) is 17.6. The van der Waals surface area contributed by atoms with Crippen molar-refractivity contribution in [3.63, 3.8) is 0 Å². The van der Waals surface area contributed by atoms with Crippen LogP contribution in [0.5, 0.6) is 0 Å². The number of sulfonamides is 1. The zero-order valence-electron chi connectivity index (χ0n) is 12.2. The van der Waals surface area contributed by atoms with Gasteiger partial charge in [0.05, 0.1) is 6.54 Å². The zero-order valence-corrected chi connectivity index (χ0v) is 13.0. The SMILES string of the molecule is C#CCN(C)S(=O)(=O)c1ccc(F)c(CNC(C)C)c1F. The summed E-state index contributed by atoms with van der Waals surface area (Å²) in [5.74, 6) is 0.284. The average Bonchev–Trinajstić information content (AvgIpc) is 2.38. The number of hydrogen-bond acceptors (Lipinski definition) is 3. The fourth-order valence-electron chi connectivity index (χ4n) is 1.63. The Hall–Kier alpha value is -1.49. The Morgan fingerprint density at radius 2 is 2.00 bits per heavy atom. The van der Waals surface area contributed by atoms with Gasteiger partial charge in [0.15, 0.2) is 5.82 Å². The highest BCUT2D eigenvalue weighted by atomic mass is 32.2. The van der Waals surface area contributed by atoms with Gasteiger partial charge in [-0.15, -0.1) is 6.42 Å². The Morgan fingerprint density at radius 1 is 1.38 bits per heavy atom. The van der Waals surface area contributed by atoms with E-state index in [0.29, 0.717) is 0 Å². The molecular formula is C14H18F2N2O2S. The minimum atomic E-state index is -4.09. The van der Waals surface area contributed by atoms with Crippen LogP contribution < -0.4 is 5.32 Å². The topological polar surface area (TPSA) is 49.4 Å². The molecule has 0 amide bonds. The van der Waals surface area contributed by atoms with E-state index in [2.05, 4.69) is 11.2 Å². The molecule has 7 heteroatoms. The summed E-state index contributed by atoms with van der Waals surface area (Å²) in [6.07, 6.45) is 5.06. The molecule has 116 valence electrons. The van der Waals surface area contributed by atoms with E-state index >= 15 is 0 Å². The molecule has 0 saturated carbocycles. The highest BCUT2D eigenvalue weighted by molar-refractivity contribution is 7.89. The third-order valence-corrected chi connectivity index (χ3v) is 4.66. The average molecular weight is 316 g/mol. The molecule has 0 fully saturated rings. The van der Waals surface area contributed by atoms with Crippen molar-refractivity contribution >= 4 is 10.0 Å². The summed E-state index contributed by atoms with van der Waals surface area (Å²) in [5, 5.41) is 2.86. The molecule has 0 bridgehead atoms. The predicted octanol–water partition coefficient (Wildman–Crippen LogP) is 1.72. The lowest BCUT2D eigenvalue weighted by Gasteiger charge is -2.17. The van der Waals surface area contributed by atoms with Gasteiger partial charge in [-0.25, -0.2) is 17.2 Å². The molecule has 1 rings (SSSR count). The third-order valence-electron chi connectivity index (χ3n) is 2.84. The molecule has 1 N–H and O–H groups in total. The number of rotatable bonds is 6. The Morgan fingerprint density at radius 3 is 2.52 bits per heavy atom. The van der Waals surface area contributed by atoms with Gasteiger partial charge in [0.2, 0.25) is 10.0 Å². The van der Waals surface area contributed by atoms with Crippen LogP contribution in [-0.2, 0) is 16.6 Å². The van der Waals surface area contributed by atoms with Crippen molar-refractivity contribution in [2.75, 3.05) is 13.6 Å². The highest BCUT2D eigenvalue weighted by Crippen LogP contribution is 2.23. The number of hydrogen-bond donors (Lipinski definition) is 1. The second-order valence-corrected chi connectivity index (χ2v) is 6.85. The summed E-state index contributed by atoms with van der Waals surface area (Å²) in [5.41, 5.74) is -0.307. The number of halogens is 2. The van der Waals surface area contributed by atoms with Crippen LogP contribution in [0.2, 0.25) is 0 Å². The van der Waals surface area contributed by atoms with E-state index in [0.717, 1.165) is 16.4 Å². The van der Waals surface area contributed by atoms with Crippen LogP contribution in [0.3, 0.4) is 0 Å². The minimum absolute atomic E-state index is 0.00757. The van der Waals surface area contributed by atoms with Crippen molar-refractivity contribution < 1.29 is 17.2 Å². The Bertz CT molecular complexity index is 652. The van der Waals surface area contributed by atoms with Crippen LogP contribution in [0, 0.1) is 24.0 Å². The van der Waals surface area contributed by atoms with Gasteiger partial charge in [-0.2, -0.15) is 4.31 Å². The molecule has 0 atom stereocenters. The summed E-state index contributed by atoms with van der Waals surface area (Å²) < 4.78 is 53.3. The first-order chi connectivity index (χ1) is 9.71. The molecule has 0 aromatic heterocycles. The summed E-state index contributed by atoms with van der Waals surface area (Å²) in [6.45, 7) is 3.34. The van der Waals surface area contributed by atoms with Gasteiger partial charge in [-0.3, -0.25) is 0 Å². The summed E-state index contributed by atoms with van der Waals surface area (Å²) in [6, 6.07) is 1.86. The van der Waals surface area contributed by atoms with Crippen molar-refractivity contribution in [1.29, 1.82) is 0 Å². The van der Waals surface area contributed by atoms with Crippen molar-refractivity contribution in [2.24, 2.45) is 0 Å². The second kappa shape index (κ2) is 6.98. The summed E-state index contributed by atoms with van der Waals surface area (Å²) in [7, 11) is -2.85. The van der Waals surface area contributed by atoms with Gasteiger partial charge in [0.1, 0.15) is 10.7 Å². The van der Waals surface area contributed by atoms with Gasteiger partial charge >= 0.3 is 0 Å². The summed E-state index contributed by atoms with van der Waals surface area (Å²) >= 11 is 0. The Labute approximate surface area is 124 Å². The largest absolute Gasteiger partial charge is 0.310 e. The quantitative estimate of drug-likeness (QED) is 0.813. The molecule has 0 heterocycles. The number of nitrogens with zero attached hydrogens (tertiary/aromatic N) is 1.